The van der Waals surface area contributed by atoms with Crippen LogP contribution in [-0.4, -0.2) is 115 Å². The Labute approximate surface area is 872 Å². The third kappa shape index (κ3) is 39.1. The highest BCUT2D eigenvalue weighted by molar-refractivity contribution is 6.13. The van der Waals surface area contributed by atoms with Gasteiger partial charge in [0.15, 0.2) is 0 Å². The van der Waals surface area contributed by atoms with Crippen molar-refractivity contribution in [1.82, 2.24) is 5.32 Å². The molecule has 0 bridgehead atoms. The summed E-state index contributed by atoms with van der Waals surface area (Å²) in [5.74, 6) is -5.73. The second-order valence-corrected chi connectivity index (χ2v) is 36.8. The molecule has 0 aromatic heterocycles. The van der Waals surface area contributed by atoms with Gasteiger partial charge in [0.25, 0.3) is 11.8 Å². The second-order valence-electron chi connectivity index (χ2n) is 36.8. The van der Waals surface area contributed by atoms with E-state index >= 15 is 0 Å². The van der Waals surface area contributed by atoms with Crippen molar-refractivity contribution in [3.05, 3.63) is 430 Å². The van der Waals surface area contributed by atoms with Crippen LogP contribution < -0.4 is 36.6 Å². The number of fused-ring (bicyclic) bond motifs is 2. The summed E-state index contributed by atoms with van der Waals surface area (Å²) in [6, 6.07) is 104. The zero-order valence-electron chi connectivity index (χ0n) is 84.8. The largest absolute Gasteiger partial charge is 0.497 e. The van der Waals surface area contributed by atoms with Gasteiger partial charge in [0.05, 0.1) is 30.8 Å². The highest BCUT2D eigenvalue weighted by Crippen LogP contribution is 2.49. The fraction of sp³-hybridized carbons (Fsp3) is 0.226. The Morgan fingerprint density at radius 2 is 0.813 bits per heavy atom. The number of carbonyl (C=O) groups excluding carboxylic acids is 6. The molecule has 15 rings (SSSR count). The van der Waals surface area contributed by atoms with Gasteiger partial charge in [-0.3, -0.25) is 52.7 Å². The van der Waals surface area contributed by atoms with Crippen LogP contribution in [0.1, 0.15) is 188 Å². The maximum Gasteiger partial charge on any atom is 0.326 e. The molecule has 0 spiro atoms. The standard InChI is InChI=1S/C24H25NO4.C22H27NO3.C21H19NO3.2C20H21NO3.C17H14FNO3/c1-16(18-8-9-20-15-22(29-2)13-10-19(20)14-18)24(28)25-21-11-6-17(7-12-21)4-3-5-23(26)27;1-15(2)13-18-9-11-19(12-10-18)16(3)21(24)23-20(22(25)26)14-17-7-5-4-6-8-17;23-20(24)10-3-5-15-11-13-17(14-12-15)22-21(25)19-9-4-7-16-6-1-2-8-18(16)19;22-18(23)8-4-5-15-9-11-17(12-10-15)21-19(24)20(13-14-20)16-6-2-1-3-7-16;1-15(14-17-6-3-2-4-7-17)20(24)21-18-12-10-16(11-13-18)8-5-9-19(22)23;18-15-4-2-1-3-13(15)7-10-16(20)19-14-8-5-12(6-9-14)11-17(21)22/h6-16H,3-5H2,1-2H3,(H,25,28)(H,26,27);4-12,15-16,20H,13-14H2,1-3H3,(H,23,24)(H,25,26);1-2,4,6-9,11-14H,3,5,10H2,(H,22,25)(H,23,24);1-3,6-7,9-12H,4-5,8,13-14H2,(H,21,24)(H,22,23);2-4,6-7,10-14H,5,8-9H2,1H3,(H,21,24)(H,22,23);1-10H,11H2,(H,19,20)(H,21,22)/b;;;;15-14+;10-7+. The van der Waals surface area contributed by atoms with Gasteiger partial charge in [-0.25, -0.2) is 9.18 Å². The smallest absolute Gasteiger partial charge is 0.326 e. The van der Waals surface area contributed by atoms with Crippen LogP contribution >= 0.6 is 0 Å². The number of rotatable bonds is 41. The highest BCUT2D eigenvalue weighted by atomic mass is 19.1. The molecule has 3 atom stereocenters. The highest BCUT2D eigenvalue weighted by Gasteiger charge is 2.51. The topological polar surface area (TPSA) is 408 Å². The van der Waals surface area contributed by atoms with Gasteiger partial charge in [-0.15, -0.1) is 0 Å². The minimum absolute atomic E-state index is 0.0485. The molecule has 3 unspecified atom stereocenters. The fourth-order valence-corrected chi connectivity index (χ4v) is 16.1. The normalized spacial score (nSPS) is 12.0. The number of carbonyl (C=O) groups is 12. The van der Waals surface area contributed by atoms with E-state index in [0.717, 1.165) is 126 Å². The lowest BCUT2D eigenvalue weighted by Gasteiger charge is -2.18. The Hall–Kier alpha value is -17.6. The first kappa shape index (κ1) is 114. The Kier molecular flexibility index (Phi) is 45.1. The van der Waals surface area contributed by atoms with E-state index in [4.69, 9.17) is 30.3 Å². The van der Waals surface area contributed by atoms with Crippen molar-refractivity contribution < 1.29 is 97.3 Å². The molecule has 1 saturated carbocycles. The minimum atomic E-state index is -1.03. The van der Waals surface area contributed by atoms with E-state index in [1.165, 1.54) is 23.8 Å². The molecule has 25 nitrogen and oxygen atoms in total. The molecule has 0 heterocycles. The van der Waals surface area contributed by atoms with Crippen LogP contribution in [-0.2, 0) is 103 Å². The number of carboxylic acids is 6. The number of benzene rings is 14. The summed E-state index contributed by atoms with van der Waals surface area (Å²) in [4.78, 5) is 139. The summed E-state index contributed by atoms with van der Waals surface area (Å²) in [5, 5.41) is 73.9. The molecular weight excluding hydrogens is 1900 g/mol. The Morgan fingerprint density at radius 3 is 1.31 bits per heavy atom. The quantitative estimate of drug-likeness (QED) is 0.0158. The zero-order chi connectivity index (χ0) is 108. The van der Waals surface area contributed by atoms with Gasteiger partial charge in [0.1, 0.15) is 17.6 Å². The van der Waals surface area contributed by atoms with Crippen LogP contribution in [0, 0.1) is 11.7 Å². The number of aliphatic carboxylic acids is 6. The van der Waals surface area contributed by atoms with E-state index in [1.54, 1.807) is 63.4 Å². The minimum Gasteiger partial charge on any atom is -0.497 e. The fourth-order valence-electron chi connectivity index (χ4n) is 16.1. The third-order valence-corrected chi connectivity index (χ3v) is 24.6. The summed E-state index contributed by atoms with van der Waals surface area (Å²) in [6.45, 7) is 9.81. The maximum atomic E-state index is 13.4. The SMILES string of the molecule is C/C(=C\c1ccccc1)C(=O)Nc1ccc(CCCC(=O)O)cc1.CC(C)Cc1ccc(C(C)C(=O)NC(Cc2ccccc2)C(=O)O)cc1.COc1ccc2cc(C(C)C(=O)Nc3ccc(CCCC(=O)O)cc3)ccc2c1.O=C(O)CCCc1ccc(NC(=O)C2(c3ccccc3)CC2)cc1.O=C(O)CCCc1ccc(NC(=O)c2cccc3ccccc23)cc1.O=C(O)Cc1ccc(NC(=O)/C=C/c2ccccc2F)cc1. The first-order valence-corrected chi connectivity index (χ1v) is 49.7. The molecule has 14 aromatic carbocycles. The monoisotopic (exact) mass is 2020 g/mol. The molecule has 774 valence electrons. The van der Waals surface area contributed by atoms with Crippen LogP contribution in [0.3, 0.4) is 0 Å². The number of methoxy groups -OCH3 is 1. The summed E-state index contributed by atoms with van der Waals surface area (Å²) in [5.41, 5.74) is 15.7. The Bertz CT molecular complexity index is 6920. The molecule has 0 aliphatic heterocycles. The van der Waals surface area contributed by atoms with Gasteiger partial charge in [0, 0.05) is 83.3 Å². The molecule has 0 radical (unpaired) electrons. The number of amides is 6. The van der Waals surface area contributed by atoms with Crippen molar-refractivity contribution >= 4 is 133 Å². The van der Waals surface area contributed by atoms with Crippen molar-refractivity contribution in [3.8, 4) is 5.75 Å². The van der Waals surface area contributed by atoms with Crippen molar-refractivity contribution in [2.75, 3.05) is 33.7 Å². The second kappa shape index (κ2) is 59.2. The number of nitrogens with one attached hydrogen (secondary N) is 6. The number of hydrogen-bond acceptors (Lipinski definition) is 13. The number of anilines is 5. The van der Waals surface area contributed by atoms with Crippen LogP contribution in [0.2, 0.25) is 0 Å². The van der Waals surface area contributed by atoms with E-state index in [2.05, 4.69) is 45.7 Å². The van der Waals surface area contributed by atoms with Crippen LogP contribution in [0.15, 0.2) is 351 Å². The van der Waals surface area contributed by atoms with Crippen LogP contribution in [0.25, 0.3) is 33.7 Å². The van der Waals surface area contributed by atoms with Crippen molar-refractivity contribution in [2.45, 2.75) is 167 Å². The molecule has 14 aromatic rings. The maximum absolute atomic E-state index is 13.4. The Balaban J connectivity index is 0.000000184. The summed E-state index contributed by atoms with van der Waals surface area (Å²) in [6.07, 6.45) is 13.4. The lowest BCUT2D eigenvalue weighted by Crippen LogP contribution is -2.44. The van der Waals surface area contributed by atoms with Crippen LogP contribution in [0.5, 0.6) is 5.75 Å². The molecule has 1 fully saturated rings. The first-order chi connectivity index (χ1) is 72.1. The average Bonchev–Trinajstić information content (AvgIpc) is 1.60. The van der Waals surface area contributed by atoms with Crippen LogP contribution in [0.4, 0.5) is 32.8 Å². The number of hydrogen-bond donors (Lipinski definition) is 12. The number of halogens is 1. The first-order valence-electron chi connectivity index (χ1n) is 49.7. The van der Waals surface area contributed by atoms with Crippen molar-refractivity contribution in [2.24, 2.45) is 5.92 Å². The molecule has 1 aliphatic carbocycles. The summed E-state index contributed by atoms with van der Waals surface area (Å²) < 4.78 is 18.6. The van der Waals surface area contributed by atoms with E-state index in [1.807, 2.05) is 304 Å². The molecule has 6 amide bonds. The molecular formula is C124H127FN6O19. The Morgan fingerprint density at radius 1 is 0.387 bits per heavy atom. The molecule has 26 heteroatoms. The third-order valence-electron chi connectivity index (χ3n) is 24.6. The van der Waals surface area contributed by atoms with Gasteiger partial charge < -0.3 is 67.3 Å². The number of aryl methyl sites for hydroxylation is 4. The number of ether oxygens (including phenoxy) is 1. The van der Waals surface area contributed by atoms with Gasteiger partial charge in [-0.05, 0) is 277 Å². The van der Waals surface area contributed by atoms with Gasteiger partial charge in [-0.2, -0.15) is 0 Å². The lowest BCUT2D eigenvalue weighted by atomic mass is 9.95. The van der Waals surface area contributed by atoms with E-state index < -0.39 is 59.5 Å². The lowest BCUT2D eigenvalue weighted by molar-refractivity contribution is -0.142. The predicted molar refractivity (Wildman–Crippen MR) is 587 cm³/mol. The van der Waals surface area contributed by atoms with Crippen molar-refractivity contribution in [3.63, 3.8) is 0 Å². The van der Waals surface area contributed by atoms with E-state index in [0.29, 0.717) is 78.8 Å². The van der Waals surface area contributed by atoms with Gasteiger partial charge >= 0.3 is 35.8 Å². The number of carboxylic acid groups (broad SMARTS) is 6. The molecule has 150 heavy (non-hydrogen) atoms. The summed E-state index contributed by atoms with van der Waals surface area (Å²) in [7, 11) is 1.64. The zero-order valence-corrected chi connectivity index (χ0v) is 84.8. The molecule has 12 N–H and O–H groups in total. The average molecular weight is 2020 g/mol. The van der Waals surface area contributed by atoms with E-state index in [-0.39, 0.29) is 79.4 Å². The van der Waals surface area contributed by atoms with Crippen molar-refractivity contribution in [1.29, 1.82) is 0 Å². The van der Waals surface area contributed by atoms with Gasteiger partial charge in [0.2, 0.25) is 23.6 Å². The molecule has 0 saturated heterocycles. The summed E-state index contributed by atoms with van der Waals surface area (Å²) >= 11 is 0. The van der Waals surface area contributed by atoms with E-state index in [9.17, 15) is 67.0 Å². The predicted octanol–water partition coefficient (Wildman–Crippen LogP) is 24.3. The van der Waals surface area contributed by atoms with Gasteiger partial charge in [-0.1, -0.05) is 269 Å². The molecule has 1 aliphatic rings.